The van der Waals surface area contributed by atoms with Gasteiger partial charge in [-0.3, -0.25) is 4.79 Å². The Balaban J connectivity index is 1.87. The van der Waals surface area contributed by atoms with Crippen molar-refractivity contribution in [3.8, 4) is 11.1 Å². The quantitative estimate of drug-likeness (QED) is 0.670. The summed E-state index contributed by atoms with van der Waals surface area (Å²) < 4.78 is 24.2. The molecule has 1 amide bonds. The van der Waals surface area contributed by atoms with Gasteiger partial charge in [-0.15, -0.1) is 0 Å². The van der Waals surface area contributed by atoms with Gasteiger partial charge in [-0.2, -0.15) is 0 Å². The van der Waals surface area contributed by atoms with E-state index in [-0.39, 0.29) is 10.8 Å². The topological polar surface area (TPSA) is 54.5 Å². The van der Waals surface area contributed by atoms with Gasteiger partial charge in [0.1, 0.15) is 0 Å². The Morgan fingerprint density at radius 3 is 2.43 bits per heavy atom. The zero-order valence-electron chi connectivity index (χ0n) is 15.8. The number of hydrogen-bond acceptors (Lipinski definition) is 3. The molecular weight excluding hydrogens is 370 g/mol. The predicted molar refractivity (Wildman–Crippen MR) is 112 cm³/mol. The number of hydrogen-bond donors (Lipinski definition) is 0. The zero-order chi connectivity index (χ0) is 19.9. The maximum Gasteiger partial charge on any atom is 0.258 e. The molecule has 0 bridgehead atoms. The lowest BCUT2D eigenvalue weighted by atomic mass is 9.98. The second-order valence-corrected chi connectivity index (χ2v) is 9.14. The summed E-state index contributed by atoms with van der Waals surface area (Å²) >= 11 is 0. The lowest BCUT2D eigenvalue weighted by Crippen LogP contribution is -2.29. The van der Waals surface area contributed by atoms with Crippen LogP contribution in [0.25, 0.3) is 11.1 Å². The highest BCUT2D eigenvalue weighted by Gasteiger charge is 2.28. The van der Waals surface area contributed by atoms with Gasteiger partial charge in [0, 0.05) is 24.1 Å². The van der Waals surface area contributed by atoms with Crippen molar-refractivity contribution < 1.29 is 13.2 Å². The molecule has 0 fully saturated rings. The normalized spacial score (nSPS) is 13.4. The zero-order valence-corrected chi connectivity index (χ0v) is 16.7. The third-order valence-electron chi connectivity index (χ3n) is 5.24. The number of amides is 1. The molecule has 0 saturated heterocycles. The van der Waals surface area contributed by atoms with Crippen molar-refractivity contribution >= 4 is 21.4 Å². The minimum absolute atomic E-state index is 0.152. The molecule has 142 valence electrons. The molecule has 0 N–H and O–H groups in total. The minimum Gasteiger partial charge on any atom is -0.308 e. The van der Waals surface area contributed by atoms with Crippen molar-refractivity contribution in [3.63, 3.8) is 0 Å². The number of sulfone groups is 1. The Morgan fingerprint density at radius 2 is 1.71 bits per heavy atom. The van der Waals surface area contributed by atoms with Gasteiger partial charge in [-0.1, -0.05) is 48.5 Å². The second kappa shape index (κ2) is 6.91. The Hall–Kier alpha value is -2.92. The van der Waals surface area contributed by atoms with Crippen LogP contribution in [-0.2, 0) is 16.3 Å². The molecule has 0 spiro atoms. The molecule has 0 unspecified atom stereocenters. The van der Waals surface area contributed by atoms with E-state index in [1.54, 1.807) is 17.0 Å². The van der Waals surface area contributed by atoms with Gasteiger partial charge < -0.3 is 4.90 Å². The van der Waals surface area contributed by atoms with Gasteiger partial charge in [0.2, 0.25) is 0 Å². The van der Waals surface area contributed by atoms with Crippen LogP contribution in [-0.4, -0.2) is 27.1 Å². The van der Waals surface area contributed by atoms with E-state index in [0.717, 1.165) is 29.5 Å². The summed E-state index contributed by atoms with van der Waals surface area (Å²) in [6, 6.07) is 20.3. The van der Waals surface area contributed by atoms with Gasteiger partial charge in [0.15, 0.2) is 9.84 Å². The van der Waals surface area contributed by atoms with Crippen molar-refractivity contribution in [2.24, 2.45) is 0 Å². The second-order valence-electron chi connectivity index (χ2n) is 7.12. The third-order valence-corrected chi connectivity index (χ3v) is 6.35. The fourth-order valence-corrected chi connectivity index (χ4v) is 4.41. The molecule has 1 aliphatic heterocycles. The first kappa shape index (κ1) is 18.4. The van der Waals surface area contributed by atoms with Crippen LogP contribution in [0.15, 0.2) is 71.6 Å². The fourth-order valence-electron chi connectivity index (χ4n) is 3.77. The number of benzene rings is 3. The number of anilines is 1. The van der Waals surface area contributed by atoms with E-state index in [1.165, 1.54) is 17.2 Å². The predicted octanol–water partition coefficient (Wildman–Crippen LogP) is 4.27. The van der Waals surface area contributed by atoms with Crippen molar-refractivity contribution in [1.82, 2.24) is 0 Å². The summed E-state index contributed by atoms with van der Waals surface area (Å²) in [7, 11) is -3.42. The number of nitrogens with zero attached hydrogens (tertiary/aromatic N) is 1. The smallest absolute Gasteiger partial charge is 0.258 e. The lowest BCUT2D eigenvalue weighted by molar-refractivity contribution is 0.0990. The van der Waals surface area contributed by atoms with Crippen LogP contribution in [0.4, 0.5) is 5.69 Å². The number of carbonyl (C=O) groups excluding carboxylic acids is 1. The highest BCUT2D eigenvalue weighted by atomic mass is 32.2. The van der Waals surface area contributed by atoms with Gasteiger partial charge in [0.25, 0.3) is 5.91 Å². The molecule has 0 radical (unpaired) electrons. The van der Waals surface area contributed by atoms with Crippen molar-refractivity contribution in [2.45, 2.75) is 18.2 Å². The lowest BCUT2D eigenvalue weighted by Gasteiger charge is -2.20. The summed E-state index contributed by atoms with van der Waals surface area (Å²) in [5, 5.41) is 0. The maximum atomic E-state index is 13.5. The van der Waals surface area contributed by atoms with Gasteiger partial charge >= 0.3 is 0 Å². The number of fused-ring (bicyclic) bond motifs is 1. The van der Waals surface area contributed by atoms with Gasteiger partial charge in [0.05, 0.1) is 4.90 Å². The van der Waals surface area contributed by atoms with Gasteiger partial charge in [-0.05, 0) is 53.8 Å². The van der Waals surface area contributed by atoms with Crippen LogP contribution in [0, 0.1) is 6.92 Å². The summed E-state index contributed by atoms with van der Waals surface area (Å²) in [6.45, 7) is 2.64. The monoisotopic (exact) mass is 391 g/mol. The Kier molecular flexibility index (Phi) is 4.55. The standard InChI is InChI=1S/C23H21NO3S/c1-16-7-6-10-22-19(16)13-14-24(22)23(25)21-15-18(28(2,26)27)11-12-20(21)17-8-4-3-5-9-17/h3-12,15H,13-14H2,1-2H3. The minimum atomic E-state index is -3.42. The van der Waals surface area contributed by atoms with Crippen LogP contribution < -0.4 is 4.90 Å². The molecule has 0 aliphatic carbocycles. The average Bonchev–Trinajstić information content (AvgIpc) is 3.12. The molecule has 5 heteroatoms. The Bertz CT molecular complexity index is 1170. The number of aryl methyl sites for hydroxylation is 1. The summed E-state index contributed by atoms with van der Waals surface area (Å²) in [5.41, 5.74) is 5.28. The highest BCUT2D eigenvalue weighted by molar-refractivity contribution is 7.90. The first-order valence-corrected chi connectivity index (χ1v) is 11.1. The van der Waals surface area contributed by atoms with Crippen LogP contribution in [0.3, 0.4) is 0 Å². The molecule has 1 heterocycles. The van der Waals surface area contributed by atoms with E-state index >= 15 is 0 Å². The van der Waals surface area contributed by atoms with E-state index < -0.39 is 9.84 Å². The maximum absolute atomic E-state index is 13.5. The van der Waals surface area contributed by atoms with Crippen LogP contribution in [0.1, 0.15) is 21.5 Å². The van der Waals surface area contributed by atoms with Crippen LogP contribution >= 0.6 is 0 Å². The Morgan fingerprint density at radius 1 is 0.964 bits per heavy atom. The molecule has 0 saturated carbocycles. The molecule has 1 aliphatic rings. The molecule has 3 aromatic rings. The van der Waals surface area contributed by atoms with Crippen molar-refractivity contribution in [1.29, 1.82) is 0 Å². The molecule has 28 heavy (non-hydrogen) atoms. The molecule has 0 atom stereocenters. The van der Waals surface area contributed by atoms with Gasteiger partial charge in [-0.25, -0.2) is 8.42 Å². The van der Waals surface area contributed by atoms with E-state index in [2.05, 4.69) is 0 Å². The number of carbonyl (C=O) groups is 1. The summed E-state index contributed by atoms with van der Waals surface area (Å²) in [6.07, 6.45) is 1.97. The van der Waals surface area contributed by atoms with E-state index in [9.17, 15) is 13.2 Å². The SMILES string of the molecule is Cc1cccc2c1CCN2C(=O)c1cc(S(C)(=O)=O)ccc1-c1ccccc1. The Labute approximate surface area is 165 Å². The largest absolute Gasteiger partial charge is 0.308 e. The fraction of sp³-hybridized carbons (Fsp3) is 0.174. The molecule has 4 rings (SSSR count). The summed E-state index contributed by atoms with van der Waals surface area (Å²) in [4.78, 5) is 15.4. The number of rotatable bonds is 3. The van der Waals surface area contributed by atoms with E-state index in [0.29, 0.717) is 12.1 Å². The molecular formula is C23H21NO3S. The van der Waals surface area contributed by atoms with E-state index in [4.69, 9.17) is 0 Å². The first-order chi connectivity index (χ1) is 13.4. The van der Waals surface area contributed by atoms with Crippen molar-refractivity contribution in [2.75, 3.05) is 17.7 Å². The first-order valence-electron chi connectivity index (χ1n) is 9.16. The molecule has 0 aromatic heterocycles. The van der Waals surface area contributed by atoms with Crippen molar-refractivity contribution in [3.05, 3.63) is 83.4 Å². The molecule has 4 nitrogen and oxygen atoms in total. The average molecular weight is 391 g/mol. The van der Waals surface area contributed by atoms with Crippen LogP contribution in [0.5, 0.6) is 0 Å². The summed E-state index contributed by atoms with van der Waals surface area (Å²) in [5.74, 6) is -0.172. The van der Waals surface area contributed by atoms with Crippen LogP contribution in [0.2, 0.25) is 0 Å². The highest BCUT2D eigenvalue weighted by Crippen LogP contribution is 2.34. The molecule has 3 aromatic carbocycles. The third kappa shape index (κ3) is 3.22. The van der Waals surface area contributed by atoms with E-state index in [1.807, 2.05) is 55.5 Å².